The summed E-state index contributed by atoms with van der Waals surface area (Å²) in [6, 6.07) is 11.0. The summed E-state index contributed by atoms with van der Waals surface area (Å²) in [5.41, 5.74) is 0.216. The van der Waals surface area contributed by atoms with Crippen LogP contribution in [0.2, 0.25) is 5.15 Å². The fourth-order valence-electron chi connectivity index (χ4n) is 1.43. The topological polar surface area (TPSA) is 73.1 Å². The molecule has 0 unspecified atom stereocenters. The highest BCUT2D eigenvalue weighted by molar-refractivity contribution is 6.31. The Labute approximate surface area is 107 Å². The van der Waals surface area contributed by atoms with Crippen molar-refractivity contribution in [3.8, 4) is 0 Å². The molecule has 2 rings (SSSR count). The van der Waals surface area contributed by atoms with E-state index in [4.69, 9.17) is 11.6 Å². The second-order valence-electron chi connectivity index (χ2n) is 3.46. The number of aromatic nitrogens is 1. The zero-order valence-corrected chi connectivity index (χ0v) is 9.79. The van der Waals surface area contributed by atoms with Crippen LogP contribution in [0.25, 0.3) is 0 Å². The van der Waals surface area contributed by atoms with E-state index in [1.165, 1.54) is 12.1 Å². The molecule has 18 heavy (non-hydrogen) atoms. The van der Waals surface area contributed by atoms with Gasteiger partial charge in [-0.2, -0.15) is 0 Å². The van der Waals surface area contributed by atoms with Crippen molar-refractivity contribution in [1.29, 1.82) is 0 Å². The van der Waals surface area contributed by atoms with Crippen molar-refractivity contribution >= 4 is 23.1 Å². The van der Waals surface area contributed by atoms with Crippen LogP contribution in [0.5, 0.6) is 0 Å². The summed E-state index contributed by atoms with van der Waals surface area (Å²) in [5, 5.41) is 10.3. The van der Waals surface area contributed by atoms with Gasteiger partial charge in [0.1, 0.15) is 5.69 Å². The molecule has 0 spiro atoms. The van der Waals surface area contributed by atoms with E-state index in [9.17, 15) is 14.9 Å². The van der Waals surface area contributed by atoms with E-state index in [1.54, 1.807) is 30.3 Å². The number of hydrogen-bond acceptors (Lipinski definition) is 4. The molecule has 1 aromatic carbocycles. The minimum atomic E-state index is -0.647. The van der Waals surface area contributed by atoms with E-state index in [0.717, 1.165) is 0 Å². The van der Waals surface area contributed by atoms with E-state index < -0.39 is 4.92 Å². The van der Waals surface area contributed by atoms with E-state index in [0.29, 0.717) is 5.56 Å². The van der Waals surface area contributed by atoms with Crippen LogP contribution in [0.3, 0.4) is 0 Å². The number of hydrogen-bond donors (Lipinski definition) is 0. The summed E-state index contributed by atoms with van der Waals surface area (Å²) < 4.78 is 0. The van der Waals surface area contributed by atoms with Crippen LogP contribution in [0, 0.1) is 10.1 Å². The number of nitrogens with zero attached hydrogens (tertiary/aromatic N) is 2. The summed E-state index contributed by atoms with van der Waals surface area (Å²) in [7, 11) is 0. The molecule has 0 fully saturated rings. The third-order valence-corrected chi connectivity index (χ3v) is 2.57. The Balaban J connectivity index is 2.39. The maximum absolute atomic E-state index is 12.0. The Morgan fingerprint density at radius 1 is 1.17 bits per heavy atom. The average molecular weight is 263 g/mol. The number of halogens is 1. The molecule has 0 aliphatic heterocycles. The molecule has 2 aromatic rings. The third kappa shape index (κ3) is 2.36. The lowest BCUT2D eigenvalue weighted by molar-refractivity contribution is -0.385. The third-order valence-electron chi connectivity index (χ3n) is 2.29. The largest absolute Gasteiger partial charge is 0.306 e. The maximum Gasteiger partial charge on any atom is 0.306 e. The van der Waals surface area contributed by atoms with E-state index in [2.05, 4.69) is 4.98 Å². The zero-order valence-electron chi connectivity index (χ0n) is 9.04. The van der Waals surface area contributed by atoms with Gasteiger partial charge in [-0.05, 0) is 6.07 Å². The Bertz CT molecular complexity index is 614. The molecule has 5 nitrogen and oxygen atoms in total. The van der Waals surface area contributed by atoms with Crippen LogP contribution in [-0.2, 0) is 0 Å². The summed E-state index contributed by atoms with van der Waals surface area (Å²) >= 11 is 5.65. The Kier molecular flexibility index (Phi) is 3.34. The summed E-state index contributed by atoms with van der Waals surface area (Å²) in [6.07, 6.45) is 0. The van der Waals surface area contributed by atoms with E-state index in [1.807, 2.05) is 0 Å². The molecule has 6 heteroatoms. The SMILES string of the molecule is O=C(c1ccccc1)c1ccc([N+](=O)[O-])c(Cl)n1. The van der Waals surface area contributed by atoms with Crippen molar-refractivity contribution in [1.82, 2.24) is 4.98 Å². The van der Waals surface area contributed by atoms with Crippen LogP contribution in [0.4, 0.5) is 5.69 Å². The molecule has 0 atom stereocenters. The second-order valence-corrected chi connectivity index (χ2v) is 3.82. The van der Waals surface area contributed by atoms with Crippen LogP contribution in [-0.4, -0.2) is 15.7 Å². The van der Waals surface area contributed by atoms with Crippen molar-refractivity contribution < 1.29 is 9.72 Å². The van der Waals surface area contributed by atoms with Gasteiger partial charge in [0, 0.05) is 11.6 Å². The minimum absolute atomic E-state index is 0.0804. The van der Waals surface area contributed by atoms with Gasteiger partial charge in [-0.25, -0.2) is 4.98 Å². The molecular formula is C12H7ClN2O3. The number of pyridine rings is 1. The van der Waals surface area contributed by atoms with Crippen LogP contribution < -0.4 is 0 Å². The Morgan fingerprint density at radius 2 is 1.83 bits per heavy atom. The van der Waals surface area contributed by atoms with Gasteiger partial charge in [-0.1, -0.05) is 41.9 Å². The highest BCUT2D eigenvalue weighted by Crippen LogP contribution is 2.22. The zero-order chi connectivity index (χ0) is 13.1. The van der Waals surface area contributed by atoms with Crippen molar-refractivity contribution in [3.05, 3.63) is 69.0 Å². The highest BCUT2D eigenvalue weighted by Gasteiger charge is 2.17. The Morgan fingerprint density at radius 3 is 2.39 bits per heavy atom. The predicted octanol–water partition coefficient (Wildman–Crippen LogP) is 2.87. The monoisotopic (exact) mass is 262 g/mol. The fraction of sp³-hybridized carbons (Fsp3) is 0. The van der Waals surface area contributed by atoms with Crippen LogP contribution >= 0.6 is 11.6 Å². The molecule has 1 heterocycles. The number of rotatable bonds is 3. The number of nitro groups is 1. The Hall–Kier alpha value is -2.27. The molecule has 0 aliphatic carbocycles. The molecule has 0 aliphatic rings. The van der Waals surface area contributed by atoms with Crippen molar-refractivity contribution in [2.24, 2.45) is 0 Å². The summed E-state index contributed by atoms with van der Waals surface area (Å²) in [4.78, 5) is 25.7. The van der Waals surface area contributed by atoms with Crippen molar-refractivity contribution in [3.63, 3.8) is 0 Å². The standard InChI is InChI=1S/C12H7ClN2O3/c13-12-10(15(17)18)7-6-9(14-12)11(16)8-4-2-1-3-5-8/h1-7H. The summed E-state index contributed by atoms with van der Waals surface area (Å²) in [6.45, 7) is 0. The van der Waals surface area contributed by atoms with Crippen LogP contribution in [0.1, 0.15) is 16.1 Å². The molecule has 90 valence electrons. The number of carbonyl (C=O) groups is 1. The predicted molar refractivity (Wildman–Crippen MR) is 65.8 cm³/mol. The first-order valence-corrected chi connectivity index (χ1v) is 5.38. The highest BCUT2D eigenvalue weighted by atomic mass is 35.5. The van der Waals surface area contributed by atoms with Gasteiger partial charge in [0.25, 0.3) is 0 Å². The van der Waals surface area contributed by atoms with Gasteiger partial charge in [0.05, 0.1) is 4.92 Å². The molecule has 0 saturated heterocycles. The lowest BCUT2D eigenvalue weighted by atomic mass is 10.1. The van der Waals surface area contributed by atoms with Gasteiger partial charge in [-0.3, -0.25) is 14.9 Å². The first-order chi connectivity index (χ1) is 8.59. The molecule has 0 saturated carbocycles. The smallest absolute Gasteiger partial charge is 0.287 e. The van der Waals surface area contributed by atoms with E-state index >= 15 is 0 Å². The van der Waals surface area contributed by atoms with Gasteiger partial charge < -0.3 is 0 Å². The van der Waals surface area contributed by atoms with Gasteiger partial charge in [0.15, 0.2) is 0 Å². The molecule has 1 aromatic heterocycles. The molecule has 0 bridgehead atoms. The fourth-order valence-corrected chi connectivity index (χ4v) is 1.65. The lowest BCUT2D eigenvalue weighted by Gasteiger charge is -2.01. The first kappa shape index (κ1) is 12.2. The number of benzene rings is 1. The average Bonchev–Trinajstić information content (AvgIpc) is 2.38. The van der Waals surface area contributed by atoms with Gasteiger partial charge >= 0.3 is 5.69 Å². The lowest BCUT2D eigenvalue weighted by Crippen LogP contribution is -2.05. The normalized spacial score (nSPS) is 10.1. The molecular weight excluding hydrogens is 256 g/mol. The maximum atomic E-state index is 12.0. The van der Waals surface area contributed by atoms with Crippen molar-refractivity contribution in [2.75, 3.05) is 0 Å². The molecule has 0 N–H and O–H groups in total. The molecule has 0 radical (unpaired) electrons. The van der Waals surface area contributed by atoms with Crippen molar-refractivity contribution in [2.45, 2.75) is 0 Å². The van der Waals surface area contributed by atoms with Gasteiger partial charge in [-0.15, -0.1) is 0 Å². The number of carbonyl (C=O) groups excluding carboxylic acids is 1. The quantitative estimate of drug-likeness (QED) is 0.369. The first-order valence-electron chi connectivity index (χ1n) is 5.00. The van der Waals surface area contributed by atoms with E-state index in [-0.39, 0.29) is 22.3 Å². The summed E-state index contributed by atoms with van der Waals surface area (Å²) in [5.74, 6) is -0.326. The van der Waals surface area contributed by atoms with Gasteiger partial charge in [0.2, 0.25) is 10.9 Å². The van der Waals surface area contributed by atoms with Crippen LogP contribution in [0.15, 0.2) is 42.5 Å². The molecule has 0 amide bonds. The number of ketones is 1. The minimum Gasteiger partial charge on any atom is -0.287 e. The second kappa shape index (κ2) is 4.93.